The van der Waals surface area contributed by atoms with Crippen LogP contribution in [0.4, 0.5) is 5.69 Å². The second-order valence-corrected chi connectivity index (χ2v) is 9.68. The van der Waals surface area contributed by atoms with Crippen molar-refractivity contribution in [2.75, 3.05) is 25.0 Å². The number of carbonyl (C=O) groups is 1. The highest BCUT2D eigenvalue weighted by Gasteiger charge is 2.25. The summed E-state index contributed by atoms with van der Waals surface area (Å²) in [4.78, 5) is 14.8. The minimum Gasteiger partial charge on any atom is -0.311 e. The molecular formula is C24H26N2O3S. The summed E-state index contributed by atoms with van der Waals surface area (Å²) < 4.78 is 27.4. The van der Waals surface area contributed by atoms with Gasteiger partial charge in [0.2, 0.25) is 10.0 Å². The van der Waals surface area contributed by atoms with Gasteiger partial charge in [-0.15, -0.1) is 0 Å². The van der Waals surface area contributed by atoms with Crippen molar-refractivity contribution in [3.05, 3.63) is 72.3 Å². The molecule has 3 aromatic rings. The fraction of sp³-hybridized carbons (Fsp3) is 0.292. The zero-order valence-corrected chi connectivity index (χ0v) is 17.9. The van der Waals surface area contributed by atoms with Gasteiger partial charge in [-0.1, -0.05) is 43.2 Å². The van der Waals surface area contributed by atoms with Crippen LogP contribution in [0.5, 0.6) is 0 Å². The highest BCUT2D eigenvalue weighted by atomic mass is 32.2. The highest BCUT2D eigenvalue weighted by molar-refractivity contribution is 7.89. The van der Waals surface area contributed by atoms with Crippen molar-refractivity contribution in [3.8, 4) is 0 Å². The molecule has 1 saturated heterocycles. The Hall–Kier alpha value is -2.70. The van der Waals surface area contributed by atoms with Gasteiger partial charge in [0, 0.05) is 31.4 Å². The zero-order valence-electron chi connectivity index (χ0n) is 17.1. The number of amides is 1. The van der Waals surface area contributed by atoms with Gasteiger partial charge < -0.3 is 4.90 Å². The lowest BCUT2D eigenvalue weighted by Crippen LogP contribution is -2.32. The Morgan fingerprint density at radius 2 is 1.47 bits per heavy atom. The van der Waals surface area contributed by atoms with E-state index in [1.165, 1.54) is 0 Å². The van der Waals surface area contributed by atoms with Gasteiger partial charge in [0.1, 0.15) is 0 Å². The van der Waals surface area contributed by atoms with Crippen molar-refractivity contribution in [2.45, 2.75) is 30.6 Å². The van der Waals surface area contributed by atoms with Crippen molar-refractivity contribution in [1.29, 1.82) is 0 Å². The number of rotatable bonds is 4. The summed E-state index contributed by atoms with van der Waals surface area (Å²) in [6.07, 6.45) is 3.93. The third-order valence-electron chi connectivity index (χ3n) is 5.73. The van der Waals surface area contributed by atoms with Crippen LogP contribution < -0.4 is 4.90 Å². The average Bonchev–Trinajstić information content (AvgIpc) is 3.08. The molecule has 30 heavy (non-hydrogen) atoms. The molecule has 5 nitrogen and oxygen atoms in total. The van der Waals surface area contributed by atoms with Crippen molar-refractivity contribution in [3.63, 3.8) is 0 Å². The lowest BCUT2D eigenvalue weighted by atomic mass is 10.1. The van der Waals surface area contributed by atoms with Crippen LogP contribution in [0.3, 0.4) is 0 Å². The molecule has 156 valence electrons. The molecule has 0 bridgehead atoms. The first-order chi connectivity index (χ1) is 14.5. The summed E-state index contributed by atoms with van der Waals surface area (Å²) in [7, 11) is -1.79. The second-order valence-electron chi connectivity index (χ2n) is 7.74. The summed E-state index contributed by atoms with van der Waals surface area (Å²) in [6.45, 7) is 1.13. The van der Waals surface area contributed by atoms with Crippen molar-refractivity contribution in [1.82, 2.24) is 4.31 Å². The molecule has 0 radical (unpaired) electrons. The van der Waals surface area contributed by atoms with Gasteiger partial charge in [0.25, 0.3) is 5.91 Å². The van der Waals surface area contributed by atoms with Gasteiger partial charge in [0.15, 0.2) is 0 Å². The lowest BCUT2D eigenvalue weighted by Gasteiger charge is -2.21. The first-order valence-corrected chi connectivity index (χ1v) is 11.8. The standard InChI is InChI=1S/C24H26N2O3S/c1-25(22-13-10-19-8-4-5-9-21(19)18-22)24(27)20-11-14-23(15-12-20)30(28,29)26-16-6-2-3-7-17-26/h4-5,8-15,18H,2-3,6-7,16-17H2,1H3. The van der Waals surface area contributed by atoms with E-state index >= 15 is 0 Å². The van der Waals surface area contributed by atoms with Crippen LogP contribution >= 0.6 is 0 Å². The molecule has 0 aliphatic carbocycles. The van der Waals surface area contributed by atoms with Crippen molar-refractivity contribution in [2.24, 2.45) is 0 Å². The van der Waals surface area contributed by atoms with E-state index in [-0.39, 0.29) is 10.8 Å². The molecule has 1 fully saturated rings. The summed E-state index contributed by atoms with van der Waals surface area (Å²) in [6, 6.07) is 20.2. The fourth-order valence-electron chi connectivity index (χ4n) is 3.90. The van der Waals surface area contributed by atoms with E-state index < -0.39 is 10.0 Å². The van der Waals surface area contributed by atoms with E-state index in [9.17, 15) is 13.2 Å². The summed E-state index contributed by atoms with van der Waals surface area (Å²) in [5.74, 6) is -0.177. The predicted molar refractivity (Wildman–Crippen MR) is 120 cm³/mol. The Kier molecular flexibility index (Phi) is 5.88. The summed E-state index contributed by atoms with van der Waals surface area (Å²) >= 11 is 0. The van der Waals surface area contributed by atoms with E-state index in [1.807, 2.05) is 42.5 Å². The molecule has 0 spiro atoms. The quantitative estimate of drug-likeness (QED) is 0.613. The molecular weight excluding hydrogens is 396 g/mol. The van der Waals surface area contributed by atoms with Crippen LogP contribution in [0.15, 0.2) is 71.6 Å². The van der Waals surface area contributed by atoms with Crippen LogP contribution in [0, 0.1) is 0 Å². The minimum atomic E-state index is -3.52. The maximum absolute atomic E-state index is 13.0. The van der Waals surface area contributed by atoms with Gasteiger partial charge in [-0.05, 0) is 60.0 Å². The van der Waals surface area contributed by atoms with Gasteiger partial charge in [0.05, 0.1) is 4.90 Å². The molecule has 3 aromatic carbocycles. The molecule has 0 aromatic heterocycles. The Bertz CT molecular complexity index is 1150. The lowest BCUT2D eigenvalue weighted by molar-refractivity contribution is 0.0993. The summed E-state index contributed by atoms with van der Waals surface area (Å²) in [5.41, 5.74) is 1.25. The monoisotopic (exact) mass is 422 g/mol. The summed E-state index contributed by atoms with van der Waals surface area (Å²) in [5, 5.41) is 2.18. The van der Waals surface area contributed by atoms with Crippen molar-refractivity contribution < 1.29 is 13.2 Å². The largest absolute Gasteiger partial charge is 0.311 e. The first kappa shape index (κ1) is 20.6. The molecule has 1 heterocycles. The number of hydrogen-bond acceptors (Lipinski definition) is 3. The van der Waals surface area contributed by atoms with E-state index in [0.29, 0.717) is 18.7 Å². The number of sulfonamides is 1. The number of nitrogens with zero attached hydrogens (tertiary/aromatic N) is 2. The molecule has 0 atom stereocenters. The Balaban J connectivity index is 1.54. The van der Waals surface area contributed by atoms with Gasteiger partial charge in [-0.3, -0.25) is 4.79 Å². The van der Waals surface area contributed by atoms with E-state index in [0.717, 1.165) is 42.1 Å². The van der Waals surface area contributed by atoms with Gasteiger partial charge >= 0.3 is 0 Å². The number of hydrogen-bond donors (Lipinski definition) is 0. The molecule has 1 aliphatic rings. The maximum atomic E-state index is 13.0. The average molecular weight is 423 g/mol. The van der Waals surface area contributed by atoms with Crippen LogP contribution in [0.2, 0.25) is 0 Å². The fourth-order valence-corrected chi connectivity index (χ4v) is 5.41. The third kappa shape index (κ3) is 4.11. The van der Waals surface area contributed by atoms with Crippen LogP contribution in [-0.4, -0.2) is 38.8 Å². The Morgan fingerprint density at radius 3 is 2.13 bits per heavy atom. The predicted octanol–water partition coefficient (Wildman–Crippen LogP) is 4.68. The normalized spacial score (nSPS) is 15.6. The first-order valence-electron chi connectivity index (χ1n) is 10.3. The van der Waals surface area contributed by atoms with E-state index in [4.69, 9.17) is 0 Å². The molecule has 0 saturated carbocycles. The van der Waals surface area contributed by atoms with Crippen LogP contribution in [-0.2, 0) is 10.0 Å². The number of anilines is 1. The highest BCUT2D eigenvalue weighted by Crippen LogP contribution is 2.24. The molecule has 1 amide bonds. The van der Waals surface area contributed by atoms with Crippen molar-refractivity contribution >= 4 is 32.4 Å². The van der Waals surface area contributed by atoms with E-state index in [1.54, 1.807) is 40.5 Å². The van der Waals surface area contributed by atoms with Crippen LogP contribution in [0.25, 0.3) is 10.8 Å². The van der Waals surface area contributed by atoms with Gasteiger partial charge in [-0.2, -0.15) is 4.31 Å². The molecule has 4 rings (SSSR count). The maximum Gasteiger partial charge on any atom is 0.258 e. The zero-order chi connectivity index (χ0) is 21.1. The number of fused-ring (bicyclic) bond motifs is 1. The third-order valence-corrected chi connectivity index (χ3v) is 7.64. The van der Waals surface area contributed by atoms with E-state index in [2.05, 4.69) is 0 Å². The second kappa shape index (κ2) is 8.58. The SMILES string of the molecule is CN(C(=O)c1ccc(S(=O)(=O)N2CCCCCC2)cc1)c1ccc2ccccc2c1. The minimum absolute atomic E-state index is 0.177. The number of benzene rings is 3. The Labute approximate surface area is 178 Å². The number of carbonyl (C=O) groups excluding carboxylic acids is 1. The molecule has 6 heteroatoms. The molecule has 1 aliphatic heterocycles. The Morgan fingerprint density at radius 1 is 0.833 bits per heavy atom. The topological polar surface area (TPSA) is 57.7 Å². The van der Waals surface area contributed by atoms with Gasteiger partial charge in [-0.25, -0.2) is 8.42 Å². The smallest absolute Gasteiger partial charge is 0.258 e. The van der Waals surface area contributed by atoms with Crippen LogP contribution in [0.1, 0.15) is 36.0 Å². The molecule has 0 unspecified atom stereocenters. The molecule has 0 N–H and O–H groups in total.